The summed E-state index contributed by atoms with van der Waals surface area (Å²) in [5.41, 5.74) is -1.83. The summed E-state index contributed by atoms with van der Waals surface area (Å²) in [5.74, 6) is -1.91. The van der Waals surface area contributed by atoms with E-state index in [2.05, 4.69) is 5.32 Å². The number of hydrogen-bond donors (Lipinski definition) is 2. The predicted molar refractivity (Wildman–Crippen MR) is 68.2 cm³/mol. The number of carbonyl (C=O) groups is 2. The molecule has 0 unspecified atom stereocenters. The lowest BCUT2D eigenvalue weighted by molar-refractivity contribution is -0.138. The molecule has 0 saturated carbocycles. The van der Waals surface area contributed by atoms with Gasteiger partial charge in [0.1, 0.15) is 0 Å². The molecule has 8 heteroatoms. The largest absolute Gasteiger partial charge is 0.478 e. The van der Waals surface area contributed by atoms with Gasteiger partial charge in [-0.1, -0.05) is 0 Å². The minimum absolute atomic E-state index is 0.0519. The van der Waals surface area contributed by atoms with Gasteiger partial charge in [-0.3, -0.25) is 4.79 Å². The summed E-state index contributed by atoms with van der Waals surface area (Å²) in [6.07, 6.45) is -4.16. The topological polar surface area (TPSA) is 69.6 Å². The van der Waals surface area contributed by atoms with Crippen LogP contribution in [0.15, 0.2) is 18.2 Å². The van der Waals surface area contributed by atoms with Crippen LogP contribution in [-0.4, -0.2) is 36.6 Å². The summed E-state index contributed by atoms with van der Waals surface area (Å²) in [6.45, 7) is 0.834. The van der Waals surface area contributed by atoms with Crippen molar-refractivity contribution in [2.24, 2.45) is 0 Å². The molecule has 1 aromatic rings. The highest BCUT2D eigenvalue weighted by atomic mass is 19.4. The Morgan fingerprint density at radius 1 is 1.33 bits per heavy atom. The summed E-state index contributed by atoms with van der Waals surface area (Å²) in [7, 11) is 0. The number of carbonyl (C=O) groups excluding carboxylic acids is 1. The number of rotatable bonds is 2. The molecule has 0 bridgehead atoms. The number of nitrogens with zero attached hydrogens (tertiary/aromatic N) is 1. The third-order valence-electron chi connectivity index (χ3n) is 3.17. The zero-order valence-corrected chi connectivity index (χ0v) is 10.9. The van der Waals surface area contributed by atoms with Gasteiger partial charge in [0.2, 0.25) is 5.91 Å². The number of benzene rings is 1. The molecule has 0 atom stereocenters. The second-order valence-electron chi connectivity index (χ2n) is 4.66. The van der Waals surface area contributed by atoms with E-state index < -0.39 is 23.3 Å². The van der Waals surface area contributed by atoms with Crippen LogP contribution < -0.4 is 10.2 Å². The maximum atomic E-state index is 13.0. The van der Waals surface area contributed by atoms with E-state index in [1.165, 1.54) is 11.0 Å². The van der Waals surface area contributed by atoms with Crippen molar-refractivity contribution in [2.75, 3.05) is 24.5 Å². The molecular formula is C13H13F3N2O3. The Hall–Kier alpha value is -2.25. The molecule has 0 spiro atoms. The van der Waals surface area contributed by atoms with E-state index in [0.717, 1.165) is 12.1 Å². The quantitative estimate of drug-likeness (QED) is 0.873. The van der Waals surface area contributed by atoms with E-state index in [4.69, 9.17) is 5.11 Å². The lowest BCUT2D eigenvalue weighted by Crippen LogP contribution is -2.33. The number of amides is 1. The van der Waals surface area contributed by atoms with Crippen LogP contribution in [0.25, 0.3) is 0 Å². The Labute approximate surface area is 118 Å². The van der Waals surface area contributed by atoms with Crippen LogP contribution >= 0.6 is 0 Å². The van der Waals surface area contributed by atoms with Crippen LogP contribution in [0.4, 0.5) is 18.9 Å². The summed E-state index contributed by atoms with van der Waals surface area (Å²) in [5, 5.41) is 11.5. The standard InChI is InChI=1S/C13H13F3N2O3/c14-13(15,16)10-6-8(2-3-9(10)12(20)21)18-5-1-4-17-11(19)7-18/h2-3,6H,1,4-5,7H2,(H,17,19)(H,20,21). The molecule has 1 heterocycles. The Balaban J connectivity index is 2.41. The summed E-state index contributed by atoms with van der Waals surface area (Å²) < 4.78 is 38.9. The van der Waals surface area contributed by atoms with E-state index in [1.54, 1.807) is 0 Å². The van der Waals surface area contributed by atoms with Crippen LogP contribution in [0.2, 0.25) is 0 Å². The van der Waals surface area contributed by atoms with E-state index in [9.17, 15) is 22.8 Å². The lowest BCUT2D eigenvalue weighted by atomic mass is 10.1. The third kappa shape index (κ3) is 3.45. The van der Waals surface area contributed by atoms with Crippen LogP contribution in [0, 0.1) is 0 Å². The van der Waals surface area contributed by atoms with E-state index >= 15 is 0 Å². The van der Waals surface area contributed by atoms with E-state index in [1.807, 2.05) is 0 Å². The number of anilines is 1. The van der Waals surface area contributed by atoms with Gasteiger partial charge in [0.05, 0.1) is 17.7 Å². The molecule has 114 valence electrons. The number of carboxylic acid groups (broad SMARTS) is 1. The zero-order chi connectivity index (χ0) is 15.6. The first-order valence-corrected chi connectivity index (χ1v) is 6.25. The molecule has 1 saturated heterocycles. The number of hydrogen-bond acceptors (Lipinski definition) is 3. The number of aromatic carboxylic acids is 1. The van der Waals surface area contributed by atoms with Gasteiger partial charge >= 0.3 is 12.1 Å². The number of halogens is 3. The van der Waals surface area contributed by atoms with Gasteiger partial charge in [-0.25, -0.2) is 4.79 Å². The maximum Gasteiger partial charge on any atom is 0.417 e. The fourth-order valence-electron chi connectivity index (χ4n) is 2.18. The van der Waals surface area contributed by atoms with Gasteiger partial charge < -0.3 is 15.3 Å². The SMILES string of the molecule is O=C1CN(c2ccc(C(=O)O)c(C(F)(F)F)c2)CCCN1. The van der Waals surface area contributed by atoms with Crippen LogP contribution in [0.3, 0.4) is 0 Å². The number of carboxylic acids is 1. The molecule has 1 fully saturated rings. The van der Waals surface area contributed by atoms with E-state index in [-0.39, 0.29) is 18.1 Å². The average molecular weight is 302 g/mol. The molecule has 0 aliphatic carbocycles. The predicted octanol–water partition coefficient (Wildman–Crippen LogP) is 1.73. The second-order valence-corrected chi connectivity index (χ2v) is 4.66. The van der Waals surface area contributed by atoms with Gasteiger partial charge in [0.15, 0.2) is 0 Å². The highest BCUT2D eigenvalue weighted by molar-refractivity contribution is 5.90. The fourth-order valence-corrected chi connectivity index (χ4v) is 2.18. The Morgan fingerprint density at radius 2 is 2.05 bits per heavy atom. The van der Waals surface area contributed by atoms with Crippen molar-refractivity contribution in [1.29, 1.82) is 0 Å². The van der Waals surface area contributed by atoms with Crippen LogP contribution in [-0.2, 0) is 11.0 Å². The van der Waals surface area contributed by atoms with Crippen molar-refractivity contribution in [3.8, 4) is 0 Å². The smallest absolute Gasteiger partial charge is 0.417 e. The molecule has 1 aliphatic heterocycles. The molecule has 21 heavy (non-hydrogen) atoms. The molecule has 1 aliphatic rings. The molecule has 0 aromatic heterocycles. The van der Waals surface area contributed by atoms with Crippen molar-refractivity contribution in [3.63, 3.8) is 0 Å². The van der Waals surface area contributed by atoms with Crippen molar-refractivity contribution in [3.05, 3.63) is 29.3 Å². The molecular weight excluding hydrogens is 289 g/mol. The zero-order valence-electron chi connectivity index (χ0n) is 10.9. The van der Waals surface area contributed by atoms with E-state index in [0.29, 0.717) is 19.5 Å². The molecule has 5 nitrogen and oxygen atoms in total. The monoisotopic (exact) mass is 302 g/mol. The molecule has 2 rings (SSSR count). The molecule has 1 aromatic carbocycles. The Morgan fingerprint density at radius 3 is 2.67 bits per heavy atom. The molecule has 1 amide bonds. The normalized spacial score (nSPS) is 16.3. The fraction of sp³-hybridized carbons (Fsp3) is 0.385. The number of alkyl halides is 3. The minimum atomic E-state index is -4.77. The lowest BCUT2D eigenvalue weighted by Gasteiger charge is -2.23. The first-order chi connectivity index (χ1) is 9.79. The second kappa shape index (κ2) is 5.63. The van der Waals surface area contributed by atoms with Crippen molar-refractivity contribution in [2.45, 2.75) is 12.6 Å². The van der Waals surface area contributed by atoms with Gasteiger partial charge in [0, 0.05) is 18.8 Å². The van der Waals surface area contributed by atoms with Gasteiger partial charge in [-0.15, -0.1) is 0 Å². The van der Waals surface area contributed by atoms with Crippen LogP contribution in [0.5, 0.6) is 0 Å². The first kappa shape index (κ1) is 15.1. The third-order valence-corrected chi connectivity index (χ3v) is 3.17. The van der Waals surface area contributed by atoms with Gasteiger partial charge in [-0.05, 0) is 24.6 Å². The number of nitrogens with one attached hydrogen (secondary N) is 1. The van der Waals surface area contributed by atoms with Crippen molar-refractivity contribution < 1.29 is 27.9 Å². The van der Waals surface area contributed by atoms with Gasteiger partial charge in [0.25, 0.3) is 0 Å². The van der Waals surface area contributed by atoms with Crippen LogP contribution in [0.1, 0.15) is 22.3 Å². The van der Waals surface area contributed by atoms with Crippen molar-refractivity contribution >= 4 is 17.6 Å². The Bertz CT molecular complexity index is 572. The summed E-state index contributed by atoms with van der Waals surface area (Å²) in [6, 6.07) is 2.99. The summed E-state index contributed by atoms with van der Waals surface area (Å²) in [4.78, 5) is 23.8. The highest BCUT2D eigenvalue weighted by Crippen LogP contribution is 2.34. The highest BCUT2D eigenvalue weighted by Gasteiger charge is 2.36. The summed E-state index contributed by atoms with van der Waals surface area (Å²) >= 11 is 0. The molecule has 0 radical (unpaired) electrons. The average Bonchev–Trinajstić information content (AvgIpc) is 2.61. The first-order valence-electron chi connectivity index (χ1n) is 6.25. The van der Waals surface area contributed by atoms with Crippen molar-refractivity contribution in [1.82, 2.24) is 5.32 Å². The Kier molecular flexibility index (Phi) is 4.06. The van der Waals surface area contributed by atoms with Gasteiger partial charge in [-0.2, -0.15) is 13.2 Å². The molecule has 2 N–H and O–H groups in total. The minimum Gasteiger partial charge on any atom is -0.478 e. The maximum absolute atomic E-state index is 13.0.